The molecular formula is C13H17ClO2. The molecule has 0 saturated carbocycles. The van der Waals surface area contributed by atoms with Crippen LogP contribution in [0, 0.1) is 0 Å². The number of halogens is 1. The Kier molecular flexibility index (Phi) is 4.22. The van der Waals surface area contributed by atoms with E-state index in [1.165, 1.54) is 0 Å². The first-order valence-electron chi connectivity index (χ1n) is 5.77. The average Bonchev–Trinajstić information content (AvgIpc) is 2.81. The van der Waals surface area contributed by atoms with Gasteiger partial charge < -0.3 is 9.47 Å². The zero-order chi connectivity index (χ0) is 11.3. The molecule has 16 heavy (non-hydrogen) atoms. The van der Waals surface area contributed by atoms with Crippen LogP contribution in [0.25, 0.3) is 0 Å². The summed E-state index contributed by atoms with van der Waals surface area (Å²) in [6.07, 6.45) is 2.91. The van der Waals surface area contributed by atoms with Crippen LogP contribution in [-0.4, -0.2) is 19.1 Å². The van der Waals surface area contributed by atoms with Crippen molar-refractivity contribution in [2.45, 2.75) is 25.0 Å². The first-order chi connectivity index (χ1) is 7.87. The molecule has 1 fully saturated rings. The molecule has 1 aliphatic heterocycles. The van der Waals surface area contributed by atoms with Crippen molar-refractivity contribution < 1.29 is 9.47 Å². The van der Waals surface area contributed by atoms with Crippen LogP contribution in [0.4, 0.5) is 0 Å². The molecule has 0 N–H and O–H groups in total. The van der Waals surface area contributed by atoms with Crippen LogP contribution in [-0.2, 0) is 15.3 Å². The highest BCUT2D eigenvalue weighted by Gasteiger charge is 2.37. The van der Waals surface area contributed by atoms with Crippen molar-refractivity contribution in [2.75, 3.05) is 19.1 Å². The van der Waals surface area contributed by atoms with Crippen LogP contribution in [0.3, 0.4) is 0 Å². The maximum atomic E-state index is 5.81. The molecule has 0 amide bonds. The monoisotopic (exact) mass is 240 g/mol. The van der Waals surface area contributed by atoms with Gasteiger partial charge in [-0.1, -0.05) is 30.3 Å². The number of hydrogen-bond acceptors (Lipinski definition) is 2. The van der Waals surface area contributed by atoms with Gasteiger partial charge in [0.05, 0.1) is 13.2 Å². The van der Waals surface area contributed by atoms with Crippen molar-refractivity contribution >= 4 is 11.6 Å². The lowest BCUT2D eigenvalue weighted by Gasteiger charge is -2.27. The number of benzene rings is 1. The van der Waals surface area contributed by atoms with E-state index in [0.717, 1.165) is 24.8 Å². The third-order valence-electron chi connectivity index (χ3n) is 2.86. The second-order valence-corrected chi connectivity index (χ2v) is 4.34. The van der Waals surface area contributed by atoms with E-state index < -0.39 is 5.79 Å². The minimum atomic E-state index is -0.521. The predicted molar refractivity (Wildman–Crippen MR) is 64.6 cm³/mol. The fraction of sp³-hybridized carbons (Fsp3) is 0.538. The van der Waals surface area contributed by atoms with Crippen molar-refractivity contribution in [3.8, 4) is 0 Å². The van der Waals surface area contributed by atoms with E-state index in [2.05, 4.69) is 12.1 Å². The van der Waals surface area contributed by atoms with Gasteiger partial charge in [-0.3, -0.25) is 0 Å². The molecule has 1 heterocycles. The molecule has 0 spiro atoms. The van der Waals surface area contributed by atoms with Gasteiger partial charge >= 0.3 is 0 Å². The van der Waals surface area contributed by atoms with E-state index in [1.807, 2.05) is 18.2 Å². The lowest BCUT2D eigenvalue weighted by Crippen LogP contribution is -2.27. The quantitative estimate of drug-likeness (QED) is 0.581. The van der Waals surface area contributed by atoms with Gasteiger partial charge in [-0.15, -0.1) is 11.6 Å². The van der Waals surface area contributed by atoms with Crippen LogP contribution in [0.2, 0.25) is 0 Å². The summed E-state index contributed by atoms with van der Waals surface area (Å²) >= 11 is 5.70. The fourth-order valence-electron chi connectivity index (χ4n) is 2.05. The van der Waals surface area contributed by atoms with Crippen molar-refractivity contribution in [2.24, 2.45) is 0 Å². The smallest absolute Gasteiger partial charge is 0.194 e. The van der Waals surface area contributed by atoms with Crippen molar-refractivity contribution in [3.05, 3.63) is 35.9 Å². The highest BCUT2D eigenvalue weighted by Crippen LogP contribution is 2.36. The molecule has 2 nitrogen and oxygen atoms in total. The van der Waals surface area contributed by atoms with E-state index in [4.69, 9.17) is 21.1 Å². The number of unbranched alkanes of at least 4 members (excludes halogenated alkanes) is 1. The molecular weight excluding hydrogens is 224 g/mol. The normalized spacial score (nSPS) is 18.8. The van der Waals surface area contributed by atoms with Crippen LogP contribution < -0.4 is 0 Å². The number of alkyl halides is 1. The van der Waals surface area contributed by atoms with Gasteiger partial charge in [0.25, 0.3) is 0 Å². The third kappa shape index (κ3) is 2.57. The molecule has 0 bridgehead atoms. The molecule has 0 radical (unpaired) electrons. The molecule has 3 heteroatoms. The lowest BCUT2D eigenvalue weighted by atomic mass is 10.00. The molecule has 0 atom stereocenters. The van der Waals surface area contributed by atoms with Gasteiger partial charge in [0.15, 0.2) is 5.79 Å². The number of hydrogen-bond donors (Lipinski definition) is 0. The summed E-state index contributed by atoms with van der Waals surface area (Å²) in [7, 11) is 0. The minimum absolute atomic E-state index is 0.521. The van der Waals surface area contributed by atoms with Crippen molar-refractivity contribution in [3.63, 3.8) is 0 Å². The predicted octanol–water partition coefficient (Wildman–Crippen LogP) is 3.30. The van der Waals surface area contributed by atoms with Gasteiger partial charge in [-0.05, 0) is 12.8 Å². The summed E-state index contributed by atoms with van der Waals surface area (Å²) in [4.78, 5) is 0. The summed E-state index contributed by atoms with van der Waals surface area (Å²) in [6.45, 7) is 1.35. The fourth-order valence-corrected chi connectivity index (χ4v) is 2.24. The number of ether oxygens (including phenoxy) is 2. The molecule has 1 saturated heterocycles. The molecule has 1 aromatic carbocycles. The van der Waals surface area contributed by atoms with Gasteiger partial charge in [0.2, 0.25) is 0 Å². The zero-order valence-corrected chi connectivity index (χ0v) is 10.1. The van der Waals surface area contributed by atoms with Crippen LogP contribution in [0.5, 0.6) is 0 Å². The zero-order valence-electron chi connectivity index (χ0n) is 9.32. The first-order valence-corrected chi connectivity index (χ1v) is 6.30. The minimum Gasteiger partial charge on any atom is -0.343 e. The SMILES string of the molecule is ClCCCCC1(c2ccccc2)OCCO1. The highest BCUT2D eigenvalue weighted by atomic mass is 35.5. The van der Waals surface area contributed by atoms with E-state index in [0.29, 0.717) is 19.1 Å². The summed E-state index contributed by atoms with van der Waals surface area (Å²) in [6, 6.07) is 10.2. The maximum absolute atomic E-state index is 5.81. The molecule has 1 aliphatic rings. The Bertz CT molecular complexity index is 307. The van der Waals surface area contributed by atoms with E-state index in [-0.39, 0.29) is 0 Å². The third-order valence-corrected chi connectivity index (χ3v) is 3.12. The van der Waals surface area contributed by atoms with Crippen LogP contribution >= 0.6 is 11.6 Å². The summed E-state index contributed by atoms with van der Waals surface area (Å²) in [5.74, 6) is 0.179. The van der Waals surface area contributed by atoms with Crippen molar-refractivity contribution in [1.82, 2.24) is 0 Å². The number of rotatable bonds is 5. The van der Waals surface area contributed by atoms with Crippen LogP contribution in [0.15, 0.2) is 30.3 Å². The first kappa shape index (κ1) is 11.9. The molecule has 0 unspecified atom stereocenters. The Hall–Kier alpha value is -0.570. The Morgan fingerprint density at radius 2 is 1.75 bits per heavy atom. The lowest BCUT2D eigenvalue weighted by molar-refractivity contribution is -0.171. The van der Waals surface area contributed by atoms with E-state index in [9.17, 15) is 0 Å². The Morgan fingerprint density at radius 3 is 2.38 bits per heavy atom. The molecule has 0 aromatic heterocycles. The largest absolute Gasteiger partial charge is 0.343 e. The Morgan fingerprint density at radius 1 is 1.06 bits per heavy atom. The average molecular weight is 241 g/mol. The maximum Gasteiger partial charge on any atom is 0.194 e. The van der Waals surface area contributed by atoms with Gasteiger partial charge in [0.1, 0.15) is 0 Å². The summed E-state index contributed by atoms with van der Waals surface area (Å²) < 4.78 is 11.6. The highest BCUT2D eigenvalue weighted by molar-refractivity contribution is 6.17. The van der Waals surface area contributed by atoms with E-state index >= 15 is 0 Å². The van der Waals surface area contributed by atoms with Gasteiger partial charge in [-0.2, -0.15) is 0 Å². The van der Waals surface area contributed by atoms with E-state index in [1.54, 1.807) is 0 Å². The Labute approximate surface area is 102 Å². The van der Waals surface area contributed by atoms with Gasteiger partial charge in [0, 0.05) is 17.9 Å². The van der Waals surface area contributed by atoms with Crippen LogP contribution in [0.1, 0.15) is 24.8 Å². The standard InChI is InChI=1S/C13H17ClO2/c14-9-5-4-8-13(15-10-11-16-13)12-6-2-1-3-7-12/h1-3,6-7H,4-5,8-11H2. The molecule has 2 rings (SSSR count). The molecule has 0 aliphatic carbocycles. The summed E-state index contributed by atoms with van der Waals surface area (Å²) in [5, 5.41) is 0. The molecule has 88 valence electrons. The summed E-state index contributed by atoms with van der Waals surface area (Å²) in [5.41, 5.74) is 1.11. The second-order valence-electron chi connectivity index (χ2n) is 3.96. The second kappa shape index (κ2) is 5.67. The van der Waals surface area contributed by atoms with Gasteiger partial charge in [-0.25, -0.2) is 0 Å². The molecule has 1 aromatic rings. The topological polar surface area (TPSA) is 18.5 Å². The Balaban J connectivity index is 2.09. The van der Waals surface area contributed by atoms with Crippen molar-refractivity contribution in [1.29, 1.82) is 0 Å².